The summed E-state index contributed by atoms with van der Waals surface area (Å²) < 4.78 is 45.4. The zero-order valence-electron chi connectivity index (χ0n) is 13.1. The van der Waals surface area contributed by atoms with Crippen LogP contribution in [0.5, 0.6) is 5.88 Å². The van der Waals surface area contributed by atoms with Crippen molar-refractivity contribution in [1.29, 1.82) is 0 Å². The molecule has 130 valence electrons. The fourth-order valence-electron chi connectivity index (χ4n) is 2.82. The van der Waals surface area contributed by atoms with Gasteiger partial charge in [-0.1, -0.05) is 11.6 Å². The van der Waals surface area contributed by atoms with E-state index in [-0.39, 0.29) is 21.9 Å². The smallest absolute Gasteiger partial charge is 0.420 e. The molecule has 0 unspecified atom stereocenters. The molecule has 0 aliphatic carbocycles. The molecule has 8 heteroatoms. The first-order valence-electron chi connectivity index (χ1n) is 7.74. The number of hydrogen-bond donors (Lipinski definition) is 1. The Morgan fingerprint density at radius 3 is 2.62 bits per heavy atom. The van der Waals surface area contributed by atoms with Crippen LogP contribution in [0.1, 0.15) is 24.1 Å². The molecule has 3 rings (SSSR count). The van der Waals surface area contributed by atoms with Crippen LogP contribution in [0.15, 0.2) is 12.1 Å². The number of benzene rings is 1. The van der Waals surface area contributed by atoms with Gasteiger partial charge < -0.3 is 10.1 Å². The van der Waals surface area contributed by atoms with Gasteiger partial charge in [0.1, 0.15) is 16.8 Å². The first-order chi connectivity index (χ1) is 11.4. The minimum atomic E-state index is -4.59. The second kappa shape index (κ2) is 6.72. The number of aromatic nitrogens is 2. The van der Waals surface area contributed by atoms with Gasteiger partial charge in [-0.05, 0) is 50.9 Å². The number of nitrogens with one attached hydrogen (secondary N) is 1. The Bertz CT molecular complexity index is 745. The number of fused-ring (bicyclic) bond motifs is 1. The van der Waals surface area contributed by atoms with Gasteiger partial charge in [-0.15, -0.1) is 0 Å². The summed E-state index contributed by atoms with van der Waals surface area (Å²) in [4.78, 5) is 8.28. The molecule has 2 heterocycles. The average molecular weight is 360 g/mol. The largest absolute Gasteiger partial charge is 0.476 e. The summed E-state index contributed by atoms with van der Waals surface area (Å²) in [5.74, 6) is 0.690. The maximum absolute atomic E-state index is 13.2. The zero-order chi connectivity index (χ0) is 17.3. The first kappa shape index (κ1) is 17.2. The molecule has 1 saturated heterocycles. The molecular formula is C16H17ClF3N3O. The molecule has 1 aliphatic heterocycles. The van der Waals surface area contributed by atoms with Gasteiger partial charge in [0.2, 0.25) is 5.88 Å². The molecule has 1 fully saturated rings. The summed E-state index contributed by atoms with van der Waals surface area (Å²) in [5, 5.41) is 2.89. The summed E-state index contributed by atoms with van der Waals surface area (Å²) >= 11 is 5.72. The fourth-order valence-corrected chi connectivity index (χ4v) is 3.08. The molecule has 0 spiro atoms. The Hall–Kier alpha value is -1.60. The topological polar surface area (TPSA) is 47.0 Å². The van der Waals surface area contributed by atoms with Crippen LogP contribution < -0.4 is 10.1 Å². The van der Waals surface area contributed by atoms with E-state index < -0.39 is 11.7 Å². The summed E-state index contributed by atoms with van der Waals surface area (Å²) in [6.45, 7) is 3.97. The number of rotatable bonds is 3. The third kappa shape index (κ3) is 3.57. The average Bonchev–Trinajstić information content (AvgIpc) is 2.52. The number of nitrogens with zero attached hydrogens (tertiary/aromatic N) is 2. The maximum Gasteiger partial charge on any atom is 0.420 e. The number of piperidine rings is 1. The fraction of sp³-hybridized carbons (Fsp3) is 0.500. The lowest BCUT2D eigenvalue weighted by Crippen LogP contribution is -2.30. The molecule has 0 saturated carbocycles. The van der Waals surface area contributed by atoms with Crippen molar-refractivity contribution in [3.8, 4) is 5.88 Å². The molecule has 0 atom stereocenters. The van der Waals surface area contributed by atoms with Crippen LogP contribution in [0.25, 0.3) is 11.0 Å². The number of ether oxygens (including phenoxy) is 1. The van der Waals surface area contributed by atoms with Gasteiger partial charge in [0.25, 0.3) is 0 Å². The van der Waals surface area contributed by atoms with Crippen LogP contribution in [-0.2, 0) is 6.18 Å². The third-order valence-electron chi connectivity index (χ3n) is 4.11. The Kier molecular flexibility index (Phi) is 4.83. The van der Waals surface area contributed by atoms with Gasteiger partial charge in [0.05, 0.1) is 17.1 Å². The van der Waals surface area contributed by atoms with E-state index in [1.807, 2.05) is 0 Å². The van der Waals surface area contributed by atoms with E-state index in [4.69, 9.17) is 16.3 Å². The molecule has 2 aromatic rings. The highest BCUT2D eigenvalue weighted by Crippen LogP contribution is 2.39. The Balaban J connectivity index is 1.91. The molecule has 4 nitrogen and oxygen atoms in total. The van der Waals surface area contributed by atoms with E-state index in [0.29, 0.717) is 18.2 Å². The predicted molar refractivity (Wildman–Crippen MR) is 85.4 cm³/mol. The van der Waals surface area contributed by atoms with Gasteiger partial charge >= 0.3 is 6.18 Å². The van der Waals surface area contributed by atoms with Crippen molar-refractivity contribution >= 4 is 22.6 Å². The van der Waals surface area contributed by atoms with Gasteiger partial charge in [-0.25, -0.2) is 9.97 Å². The number of halogens is 4. The van der Waals surface area contributed by atoms with Crippen molar-refractivity contribution in [1.82, 2.24) is 15.3 Å². The second-order valence-corrected chi connectivity index (χ2v) is 6.31. The monoisotopic (exact) mass is 359 g/mol. The molecule has 1 aliphatic rings. The highest BCUT2D eigenvalue weighted by molar-refractivity contribution is 6.32. The summed E-state index contributed by atoms with van der Waals surface area (Å²) in [6.07, 6.45) is -2.57. The highest BCUT2D eigenvalue weighted by atomic mass is 35.5. The molecule has 0 bridgehead atoms. The standard InChI is InChI=1S/C16H17ClF3N3O/c1-9-15(24-8-10-4-6-21-7-5-10)23-12-3-2-11(17)13(14(12)22-9)16(18,19)20/h2-3,10,21H,4-8H2,1H3. The van der Waals surface area contributed by atoms with Crippen LogP contribution in [-0.4, -0.2) is 29.7 Å². The van der Waals surface area contributed by atoms with Crippen molar-refractivity contribution in [2.24, 2.45) is 5.92 Å². The molecule has 1 aromatic heterocycles. The molecule has 1 aromatic carbocycles. The van der Waals surface area contributed by atoms with E-state index in [1.165, 1.54) is 12.1 Å². The maximum atomic E-state index is 13.2. The Labute approximate surface area is 142 Å². The normalized spacial score (nSPS) is 16.5. The number of alkyl halides is 3. The quantitative estimate of drug-likeness (QED) is 0.900. The lowest BCUT2D eigenvalue weighted by molar-refractivity contribution is -0.136. The first-order valence-corrected chi connectivity index (χ1v) is 8.11. The molecular weight excluding hydrogens is 343 g/mol. The lowest BCUT2D eigenvalue weighted by atomic mass is 9.99. The highest BCUT2D eigenvalue weighted by Gasteiger charge is 2.36. The van der Waals surface area contributed by atoms with E-state index in [2.05, 4.69) is 15.3 Å². The van der Waals surface area contributed by atoms with Crippen molar-refractivity contribution in [3.63, 3.8) is 0 Å². The van der Waals surface area contributed by atoms with E-state index in [9.17, 15) is 13.2 Å². The third-order valence-corrected chi connectivity index (χ3v) is 4.43. The lowest BCUT2D eigenvalue weighted by Gasteiger charge is -2.22. The molecule has 0 radical (unpaired) electrons. The Morgan fingerprint density at radius 1 is 1.25 bits per heavy atom. The van der Waals surface area contributed by atoms with Crippen LogP contribution >= 0.6 is 11.6 Å². The van der Waals surface area contributed by atoms with Gasteiger partial charge in [0.15, 0.2) is 0 Å². The molecule has 24 heavy (non-hydrogen) atoms. The predicted octanol–water partition coefficient (Wildman–Crippen LogP) is 3.99. The number of hydrogen-bond acceptors (Lipinski definition) is 4. The molecule has 1 N–H and O–H groups in total. The Morgan fingerprint density at radius 2 is 1.96 bits per heavy atom. The van der Waals surface area contributed by atoms with Crippen molar-refractivity contribution < 1.29 is 17.9 Å². The minimum Gasteiger partial charge on any atom is -0.476 e. The van der Waals surface area contributed by atoms with Gasteiger partial charge in [0, 0.05) is 0 Å². The SMILES string of the molecule is Cc1nc2c(C(F)(F)F)c(Cl)ccc2nc1OCC1CCNCC1. The van der Waals surface area contributed by atoms with E-state index in [1.54, 1.807) is 6.92 Å². The number of aryl methyl sites for hydroxylation is 1. The molecule has 0 amide bonds. The van der Waals surface area contributed by atoms with Crippen LogP contribution in [0.4, 0.5) is 13.2 Å². The zero-order valence-corrected chi connectivity index (χ0v) is 13.8. The summed E-state index contributed by atoms with van der Waals surface area (Å²) in [6, 6.07) is 2.62. The van der Waals surface area contributed by atoms with E-state index >= 15 is 0 Å². The van der Waals surface area contributed by atoms with Crippen molar-refractivity contribution in [3.05, 3.63) is 28.4 Å². The van der Waals surface area contributed by atoms with Crippen LogP contribution in [0.2, 0.25) is 5.02 Å². The van der Waals surface area contributed by atoms with E-state index in [0.717, 1.165) is 25.9 Å². The van der Waals surface area contributed by atoms with Gasteiger partial charge in [-0.3, -0.25) is 0 Å². The second-order valence-electron chi connectivity index (χ2n) is 5.91. The van der Waals surface area contributed by atoms with Crippen LogP contribution in [0.3, 0.4) is 0 Å². The van der Waals surface area contributed by atoms with Crippen LogP contribution in [0, 0.1) is 12.8 Å². The van der Waals surface area contributed by atoms with Gasteiger partial charge in [-0.2, -0.15) is 13.2 Å². The summed E-state index contributed by atoms with van der Waals surface area (Å²) in [7, 11) is 0. The minimum absolute atomic E-state index is 0.123. The van der Waals surface area contributed by atoms with Crippen molar-refractivity contribution in [2.75, 3.05) is 19.7 Å². The summed E-state index contributed by atoms with van der Waals surface area (Å²) in [5.41, 5.74) is -0.759. The van der Waals surface area contributed by atoms with Crippen molar-refractivity contribution in [2.45, 2.75) is 25.9 Å².